The van der Waals surface area contributed by atoms with E-state index in [1.165, 1.54) is 12.8 Å². The first-order chi connectivity index (χ1) is 12.5. The second-order valence-corrected chi connectivity index (χ2v) is 5.98. The monoisotopic (exact) mass is 356 g/mol. The summed E-state index contributed by atoms with van der Waals surface area (Å²) in [6.07, 6.45) is 4.74. The number of rotatable bonds is 5. The largest absolute Gasteiger partial charge is 0.493 e. The van der Waals surface area contributed by atoms with Crippen molar-refractivity contribution in [2.45, 2.75) is 31.8 Å². The molecule has 0 heterocycles. The number of primary amides is 2. The van der Waals surface area contributed by atoms with Crippen LogP contribution in [0.25, 0.3) is 0 Å². The van der Waals surface area contributed by atoms with Crippen LogP contribution in [0.4, 0.5) is 0 Å². The van der Waals surface area contributed by atoms with Gasteiger partial charge in [-0.05, 0) is 56.0 Å². The molecule has 0 radical (unpaired) electrons. The highest BCUT2D eigenvalue weighted by Gasteiger charge is 2.19. The molecule has 6 nitrogen and oxygen atoms in total. The van der Waals surface area contributed by atoms with Crippen molar-refractivity contribution in [2.75, 3.05) is 7.11 Å². The molecule has 4 N–H and O–H groups in total. The zero-order valence-electron chi connectivity index (χ0n) is 14.8. The highest BCUT2D eigenvalue weighted by Crippen LogP contribution is 2.32. The number of carbonyl (C=O) groups excluding carboxylic acids is 2. The number of methoxy groups -OCH3 is 1. The van der Waals surface area contributed by atoms with E-state index >= 15 is 0 Å². The Morgan fingerprint density at radius 2 is 1.50 bits per heavy atom. The molecule has 1 aliphatic carbocycles. The summed E-state index contributed by atoms with van der Waals surface area (Å²) in [5.41, 5.74) is 11.2. The third-order valence-corrected chi connectivity index (χ3v) is 4.10. The first-order valence-electron chi connectivity index (χ1n) is 8.50. The Bertz CT molecular complexity index is 741. The predicted octanol–water partition coefficient (Wildman–Crippen LogP) is 2.90. The summed E-state index contributed by atoms with van der Waals surface area (Å²) in [5.74, 6) is 0.414. The van der Waals surface area contributed by atoms with Crippen LogP contribution in [0.3, 0.4) is 0 Å². The Balaban J connectivity index is 0.000000228. The van der Waals surface area contributed by atoms with Crippen molar-refractivity contribution in [1.29, 1.82) is 0 Å². The summed E-state index contributed by atoms with van der Waals surface area (Å²) < 4.78 is 11.1. The third-order valence-electron chi connectivity index (χ3n) is 4.10. The van der Waals surface area contributed by atoms with E-state index in [1.54, 1.807) is 49.6 Å². The molecule has 0 aliphatic heterocycles. The van der Waals surface area contributed by atoms with Crippen molar-refractivity contribution < 1.29 is 19.1 Å². The fourth-order valence-electron chi connectivity index (χ4n) is 2.71. The fourth-order valence-corrected chi connectivity index (χ4v) is 2.71. The SMILES string of the molecule is COc1ccc(C(N)=O)cc1OC1CCCC1.NC(=O)c1ccccc1. The number of benzene rings is 2. The minimum atomic E-state index is -0.455. The van der Waals surface area contributed by atoms with Crippen molar-refractivity contribution >= 4 is 11.8 Å². The van der Waals surface area contributed by atoms with Crippen molar-refractivity contribution in [1.82, 2.24) is 0 Å². The van der Waals surface area contributed by atoms with Gasteiger partial charge >= 0.3 is 0 Å². The number of nitrogens with two attached hydrogens (primary N) is 2. The van der Waals surface area contributed by atoms with Gasteiger partial charge in [-0.3, -0.25) is 9.59 Å². The van der Waals surface area contributed by atoms with Crippen LogP contribution in [-0.2, 0) is 0 Å². The molecule has 2 aromatic carbocycles. The number of hydrogen-bond acceptors (Lipinski definition) is 4. The molecule has 0 bridgehead atoms. The number of hydrogen-bond donors (Lipinski definition) is 2. The van der Waals surface area contributed by atoms with Gasteiger partial charge in [0, 0.05) is 11.1 Å². The third kappa shape index (κ3) is 5.51. The molecule has 0 aromatic heterocycles. The standard InChI is InChI=1S/C13H17NO3.C7H7NO/c1-16-11-7-6-9(13(14)15)8-12(11)17-10-4-2-3-5-10;8-7(9)6-4-2-1-3-5-6/h6-8,10H,2-5H2,1H3,(H2,14,15);1-5H,(H2,8,9). The number of carbonyl (C=O) groups is 2. The Morgan fingerprint density at radius 1 is 0.885 bits per heavy atom. The van der Waals surface area contributed by atoms with Crippen LogP contribution in [0.1, 0.15) is 46.4 Å². The Morgan fingerprint density at radius 3 is 2.00 bits per heavy atom. The van der Waals surface area contributed by atoms with Gasteiger partial charge in [0.15, 0.2) is 11.5 Å². The van der Waals surface area contributed by atoms with Crippen LogP contribution < -0.4 is 20.9 Å². The molecule has 3 rings (SSSR count). The fraction of sp³-hybridized carbons (Fsp3) is 0.300. The van der Waals surface area contributed by atoms with E-state index in [0.717, 1.165) is 12.8 Å². The van der Waals surface area contributed by atoms with Crippen LogP contribution >= 0.6 is 0 Å². The van der Waals surface area contributed by atoms with E-state index in [0.29, 0.717) is 22.6 Å². The molecule has 0 unspecified atom stereocenters. The lowest BCUT2D eigenvalue weighted by atomic mass is 10.2. The molecule has 1 aliphatic rings. The average molecular weight is 356 g/mol. The molecule has 0 spiro atoms. The van der Waals surface area contributed by atoms with Crippen molar-refractivity contribution in [3.63, 3.8) is 0 Å². The molecule has 1 saturated carbocycles. The molecule has 0 saturated heterocycles. The second-order valence-electron chi connectivity index (χ2n) is 5.98. The zero-order chi connectivity index (χ0) is 18.9. The lowest BCUT2D eigenvalue weighted by Gasteiger charge is -2.16. The topological polar surface area (TPSA) is 105 Å². The van der Waals surface area contributed by atoms with Crippen molar-refractivity contribution in [3.8, 4) is 11.5 Å². The quantitative estimate of drug-likeness (QED) is 0.859. The van der Waals surface area contributed by atoms with Gasteiger partial charge in [-0.2, -0.15) is 0 Å². The minimum absolute atomic E-state index is 0.229. The van der Waals surface area contributed by atoms with Gasteiger partial charge in [-0.1, -0.05) is 18.2 Å². The smallest absolute Gasteiger partial charge is 0.248 e. The molecular formula is C20H24N2O4. The van der Waals surface area contributed by atoms with E-state index in [4.69, 9.17) is 20.9 Å². The summed E-state index contributed by atoms with van der Waals surface area (Å²) in [7, 11) is 1.58. The minimum Gasteiger partial charge on any atom is -0.493 e. The van der Waals surface area contributed by atoms with Crippen LogP contribution in [0.5, 0.6) is 11.5 Å². The molecule has 0 atom stereocenters. The van der Waals surface area contributed by atoms with E-state index in [1.807, 2.05) is 6.07 Å². The van der Waals surface area contributed by atoms with E-state index in [9.17, 15) is 9.59 Å². The second kappa shape index (κ2) is 9.46. The summed E-state index contributed by atoms with van der Waals surface area (Å²) in [4.78, 5) is 21.5. The Labute approximate surface area is 153 Å². The molecule has 26 heavy (non-hydrogen) atoms. The van der Waals surface area contributed by atoms with Crippen LogP contribution in [0.15, 0.2) is 48.5 Å². The first kappa shape index (κ1) is 19.3. The predicted molar refractivity (Wildman–Crippen MR) is 99.4 cm³/mol. The van der Waals surface area contributed by atoms with E-state index in [-0.39, 0.29) is 12.0 Å². The highest BCUT2D eigenvalue weighted by atomic mass is 16.5. The first-order valence-corrected chi connectivity index (χ1v) is 8.50. The zero-order valence-corrected chi connectivity index (χ0v) is 14.8. The van der Waals surface area contributed by atoms with Crippen molar-refractivity contribution in [3.05, 3.63) is 59.7 Å². The average Bonchev–Trinajstić information content (AvgIpc) is 3.16. The Hall–Kier alpha value is -3.02. The van der Waals surface area contributed by atoms with Gasteiger partial charge in [-0.15, -0.1) is 0 Å². The molecule has 138 valence electrons. The van der Waals surface area contributed by atoms with Crippen LogP contribution in [0, 0.1) is 0 Å². The summed E-state index contributed by atoms with van der Waals surface area (Å²) in [6, 6.07) is 13.8. The summed E-state index contributed by atoms with van der Waals surface area (Å²) in [6.45, 7) is 0. The van der Waals surface area contributed by atoms with Gasteiger partial charge in [0.2, 0.25) is 11.8 Å². The van der Waals surface area contributed by atoms with Crippen LogP contribution in [-0.4, -0.2) is 25.0 Å². The van der Waals surface area contributed by atoms with Crippen LogP contribution in [0.2, 0.25) is 0 Å². The maximum absolute atomic E-state index is 11.1. The van der Waals surface area contributed by atoms with E-state index in [2.05, 4.69) is 0 Å². The molecule has 2 amide bonds. The van der Waals surface area contributed by atoms with Gasteiger partial charge < -0.3 is 20.9 Å². The molecule has 1 fully saturated rings. The number of amides is 2. The summed E-state index contributed by atoms with van der Waals surface area (Å²) in [5, 5.41) is 0. The molecule has 2 aromatic rings. The maximum atomic E-state index is 11.1. The molecular weight excluding hydrogens is 332 g/mol. The lowest BCUT2D eigenvalue weighted by Crippen LogP contribution is -2.14. The van der Waals surface area contributed by atoms with Gasteiger partial charge in [0.25, 0.3) is 0 Å². The van der Waals surface area contributed by atoms with Gasteiger partial charge in [0.05, 0.1) is 13.2 Å². The maximum Gasteiger partial charge on any atom is 0.248 e. The van der Waals surface area contributed by atoms with E-state index < -0.39 is 5.91 Å². The number of ether oxygens (including phenoxy) is 2. The van der Waals surface area contributed by atoms with Gasteiger partial charge in [0.1, 0.15) is 0 Å². The molecule has 6 heteroatoms. The summed E-state index contributed by atoms with van der Waals surface area (Å²) >= 11 is 0. The highest BCUT2D eigenvalue weighted by molar-refractivity contribution is 5.93. The van der Waals surface area contributed by atoms with Crippen molar-refractivity contribution in [2.24, 2.45) is 11.5 Å². The van der Waals surface area contributed by atoms with Gasteiger partial charge in [-0.25, -0.2) is 0 Å². The Kier molecular flexibility index (Phi) is 7.02. The lowest BCUT2D eigenvalue weighted by molar-refractivity contribution is 0.0991. The normalized spacial score (nSPS) is 13.4.